The largest absolute Gasteiger partial charge is 0.378 e. The van der Waals surface area contributed by atoms with Crippen LogP contribution in [0.2, 0.25) is 0 Å². The van der Waals surface area contributed by atoms with Crippen LogP contribution in [0, 0.1) is 5.92 Å². The van der Waals surface area contributed by atoms with E-state index in [0.717, 1.165) is 51.2 Å². The van der Waals surface area contributed by atoms with Gasteiger partial charge in [0.2, 0.25) is 5.91 Å². The van der Waals surface area contributed by atoms with Crippen LogP contribution in [0.1, 0.15) is 44.3 Å². The third kappa shape index (κ3) is 3.88. The number of aromatic nitrogens is 2. The molecule has 0 bridgehead atoms. The highest BCUT2D eigenvalue weighted by molar-refractivity contribution is 5.75. The average molecular weight is 305 g/mol. The van der Waals surface area contributed by atoms with Crippen molar-refractivity contribution in [1.82, 2.24) is 14.5 Å². The highest BCUT2D eigenvalue weighted by Crippen LogP contribution is 2.21. The van der Waals surface area contributed by atoms with Crippen LogP contribution in [0.5, 0.6) is 0 Å². The molecule has 5 nitrogen and oxygen atoms in total. The summed E-state index contributed by atoms with van der Waals surface area (Å²) >= 11 is 0. The van der Waals surface area contributed by atoms with Crippen LogP contribution in [0.4, 0.5) is 0 Å². The first kappa shape index (κ1) is 15.5. The molecule has 1 aromatic heterocycles. The van der Waals surface area contributed by atoms with Gasteiger partial charge in [0.15, 0.2) is 0 Å². The smallest absolute Gasteiger partial charge is 0.222 e. The van der Waals surface area contributed by atoms with Gasteiger partial charge < -0.3 is 14.2 Å². The zero-order valence-corrected chi connectivity index (χ0v) is 13.5. The van der Waals surface area contributed by atoms with E-state index in [-0.39, 0.29) is 5.91 Å². The second kappa shape index (κ2) is 7.27. The van der Waals surface area contributed by atoms with E-state index >= 15 is 0 Å². The molecule has 2 atom stereocenters. The predicted octanol–water partition coefficient (Wildman–Crippen LogP) is 2.25. The van der Waals surface area contributed by atoms with Crippen molar-refractivity contribution in [3.63, 3.8) is 0 Å². The molecular weight excluding hydrogens is 278 g/mol. The van der Waals surface area contributed by atoms with E-state index in [9.17, 15) is 4.79 Å². The summed E-state index contributed by atoms with van der Waals surface area (Å²) in [6, 6.07) is 0. The zero-order valence-electron chi connectivity index (χ0n) is 13.5. The number of rotatable bonds is 5. The Balaban J connectivity index is 1.41. The minimum atomic E-state index is 0.253. The van der Waals surface area contributed by atoms with Crippen molar-refractivity contribution in [2.45, 2.75) is 57.6 Å². The lowest BCUT2D eigenvalue weighted by atomic mass is 9.97. The van der Waals surface area contributed by atoms with Crippen molar-refractivity contribution in [3.8, 4) is 0 Å². The number of imidazole rings is 1. The average Bonchev–Trinajstić information content (AvgIpc) is 3.01. The molecule has 0 radical (unpaired) electrons. The third-order valence-electron chi connectivity index (χ3n) is 4.96. The Hall–Kier alpha value is -1.36. The molecule has 0 saturated carbocycles. The molecule has 0 aromatic carbocycles. The minimum Gasteiger partial charge on any atom is -0.378 e. The molecule has 1 amide bonds. The number of hydrogen-bond acceptors (Lipinski definition) is 3. The Morgan fingerprint density at radius 2 is 2.36 bits per heavy atom. The quantitative estimate of drug-likeness (QED) is 0.838. The highest BCUT2D eigenvalue weighted by Gasteiger charge is 2.23. The molecule has 1 saturated heterocycles. The summed E-state index contributed by atoms with van der Waals surface area (Å²) in [6.07, 6.45) is 11.3. The summed E-state index contributed by atoms with van der Waals surface area (Å²) in [4.78, 5) is 18.6. The van der Waals surface area contributed by atoms with Crippen LogP contribution < -0.4 is 0 Å². The molecule has 0 aliphatic carbocycles. The highest BCUT2D eigenvalue weighted by atomic mass is 16.5. The monoisotopic (exact) mass is 305 g/mol. The van der Waals surface area contributed by atoms with E-state index in [1.807, 2.05) is 24.3 Å². The lowest BCUT2D eigenvalue weighted by Crippen LogP contribution is -2.35. The number of ether oxygens (including phenoxy) is 1. The fourth-order valence-corrected chi connectivity index (χ4v) is 3.57. The molecule has 0 spiro atoms. The summed E-state index contributed by atoms with van der Waals surface area (Å²) in [6.45, 7) is 2.73. The fraction of sp³-hybridized carbons (Fsp3) is 0.765. The number of fused-ring (bicyclic) bond motifs is 1. The SMILES string of the molecule is CN(C[C@H]1CCn2ccnc2C1)C(=O)CC[C@@H]1CCCCO1. The van der Waals surface area contributed by atoms with Crippen molar-refractivity contribution >= 4 is 5.91 Å². The molecule has 122 valence electrons. The van der Waals surface area contributed by atoms with Crippen LogP contribution >= 0.6 is 0 Å². The van der Waals surface area contributed by atoms with Crippen LogP contribution in [-0.2, 0) is 22.5 Å². The number of hydrogen-bond donors (Lipinski definition) is 0. The van der Waals surface area contributed by atoms with Crippen molar-refractivity contribution in [2.75, 3.05) is 20.2 Å². The second-order valence-electron chi connectivity index (χ2n) is 6.70. The number of aryl methyl sites for hydroxylation is 1. The Morgan fingerprint density at radius 1 is 1.45 bits per heavy atom. The summed E-state index contributed by atoms with van der Waals surface area (Å²) in [5.41, 5.74) is 0. The molecule has 3 heterocycles. The molecular formula is C17H27N3O2. The summed E-state index contributed by atoms with van der Waals surface area (Å²) in [7, 11) is 1.94. The van der Waals surface area contributed by atoms with Crippen molar-refractivity contribution in [2.24, 2.45) is 5.92 Å². The number of carbonyl (C=O) groups excluding carboxylic acids is 1. The lowest BCUT2D eigenvalue weighted by molar-refractivity contribution is -0.131. The van der Waals surface area contributed by atoms with Gasteiger partial charge in [-0.1, -0.05) is 0 Å². The third-order valence-corrected chi connectivity index (χ3v) is 4.96. The van der Waals surface area contributed by atoms with Gasteiger partial charge in [-0.15, -0.1) is 0 Å². The van der Waals surface area contributed by atoms with E-state index in [1.54, 1.807) is 0 Å². The molecule has 22 heavy (non-hydrogen) atoms. The molecule has 0 unspecified atom stereocenters. The van der Waals surface area contributed by atoms with Crippen LogP contribution in [0.3, 0.4) is 0 Å². The first-order valence-corrected chi connectivity index (χ1v) is 8.58. The van der Waals surface area contributed by atoms with Crippen LogP contribution in [-0.4, -0.2) is 46.7 Å². The molecule has 2 aliphatic rings. The standard InChI is InChI=1S/C17H27N3O2/c1-19(17(21)6-5-15-4-2-3-11-22-15)13-14-7-9-20-10-8-18-16(20)12-14/h8,10,14-15H,2-7,9,11-13H2,1H3/t14-,15-/m0/s1. The van der Waals surface area contributed by atoms with E-state index in [0.29, 0.717) is 18.4 Å². The molecule has 2 aliphatic heterocycles. The van der Waals surface area contributed by atoms with Gasteiger partial charge in [-0.3, -0.25) is 4.79 Å². The molecule has 1 fully saturated rings. The summed E-state index contributed by atoms with van der Waals surface area (Å²) < 4.78 is 7.93. The maximum Gasteiger partial charge on any atom is 0.222 e. The first-order valence-electron chi connectivity index (χ1n) is 8.58. The second-order valence-corrected chi connectivity index (χ2v) is 6.70. The Bertz CT molecular complexity index is 494. The minimum absolute atomic E-state index is 0.253. The van der Waals surface area contributed by atoms with Gasteiger partial charge >= 0.3 is 0 Å². The summed E-state index contributed by atoms with van der Waals surface area (Å²) in [5, 5.41) is 0. The molecule has 0 N–H and O–H groups in total. The maximum absolute atomic E-state index is 12.3. The van der Waals surface area contributed by atoms with Gasteiger partial charge in [-0.05, 0) is 38.0 Å². The number of amides is 1. The lowest BCUT2D eigenvalue weighted by Gasteiger charge is -2.28. The van der Waals surface area contributed by atoms with Gasteiger partial charge in [0.05, 0.1) is 6.10 Å². The first-order chi connectivity index (χ1) is 10.7. The normalized spacial score (nSPS) is 24.8. The summed E-state index contributed by atoms with van der Waals surface area (Å²) in [5.74, 6) is 1.95. The van der Waals surface area contributed by atoms with Gasteiger partial charge in [0.25, 0.3) is 0 Å². The molecule has 3 rings (SSSR count). The van der Waals surface area contributed by atoms with Gasteiger partial charge in [-0.2, -0.15) is 0 Å². The maximum atomic E-state index is 12.3. The molecule has 1 aromatic rings. The van der Waals surface area contributed by atoms with Gasteiger partial charge in [0, 0.05) is 52.0 Å². The van der Waals surface area contributed by atoms with Gasteiger partial charge in [-0.25, -0.2) is 4.98 Å². The van der Waals surface area contributed by atoms with Crippen molar-refractivity contribution in [1.29, 1.82) is 0 Å². The van der Waals surface area contributed by atoms with E-state index in [2.05, 4.69) is 9.55 Å². The van der Waals surface area contributed by atoms with E-state index < -0.39 is 0 Å². The number of nitrogens with zero attached hydrogens (tertiary/aromatic N) is 3. The predicted molar refractivity (Wildman–Crippen MR) is 84.5 cm³/mol. The molecule has 5 heteroatoms. The van der Waals surface area contributed by atoms with Gasteiger partial charge in [0.1, 0.15) is 5.82 Å². The fourth-order valence-electron chi connectivity index (χ4n) is 3.57. The van der Waals surface area contributed by atoms with Crippen LogP contribution in [0.15, 0.2) is 12.4 Å². The van der Waals surface area contributed by atoms with Crippen molar-refractivity contribution in [3.05, 3.63) is 18.2 Å². The topological polar surface area (TPSA) is 47.4 Å². The Labute approximate surface area is 132 Å². The number of carbonyl (C=O) groups is 1. The Kier molecular flexibility index (Phi) is 5.13. The zero-order chi connectivity index (χ0) is 15.4. The van der Waals surface area contributed by atoms with Crippen molar-refractivity contribution < 1.29 is 9.53 Å². The van der Waals surface area contributed by atoms with Crippen LogP contribution in [0.25, 0.3) is 0 Å². The van der Waals surface area contributed by atoms with E-state index in [4.69, 9.17) is 4.74 Å². The van der Waals surface area contributed by atoms with E-state index in [1.165, 1.54) is 12.8 Å². The Morgan fingerprint density at radius 3 is 3.18 bits per heavy atom.